The number of aryl methyl sites for hydroxylation is 1. The number of nitrogens with zero attached hydrogens (tertiary/aromatic N) is 2. The lowest BCUT2D eigenvalue weighted by molar-refractivity contribution is -0.135. The molecule has 0 radical (unpaired) electrons. The molecule has 0 aliphatic carbocycles. The highest BCUT2D eigenvalue weighted by Gasteiger charge is 2.13. The zero-order chi connectivity index (χ0) is 18.5. The van der Waals surface area contributed by atoms with Crippen LogP contribution in [-0.2, 0) is 11.3 Å². The average molecular weight is 350 g/mol. The molecule has 0 aliphatic heterocycles. The number of hydrogen-bond donors (Lipinski definition) is 0. The monoisotopic (exact) mass is 350 g/mol. The van der Waals surface area contributed by atoms with E-state index in [1.807, 2.05) is 43.3 Å². The third-order valence-electron chi connectivity index (χ3n) is 3.76. The molecule has 0 amide bonds. The lowest BCUT2D eigenvalue weighted by Crippen LogP contribution is -2.28. The zero-order valence-electron chi connectivity index (χ0n) is 14.5. The van der Waals surface area contributed by atoms with Crippen molar-refractivity contribution in [2.24, 2.45) is 0 Å². The number of carbonyl (C=O) groups excluding carboxylic acids is 1. The van der Waals surface area contributed by atoms with Gasteiger partial charge in [0.25, 0.3) is 5.56 Å². The number of methoxy groups -OCH3 is 1. The summed E-state index contributed by atoms with van der Waals surface area (Å²) in [6.07, 6.45) is 0. The van der Waals surface area contributed by atoms with Gasteiger partial charge < -0.3 is 9.47 Å². The Bertz CT molecular complexity index is 981. The molecule has 6 nitrogen and oxygen atoms in total. The normalized spacial score (nSPS) is 10.4. The number of benzene rings is 2. The van der Waals surface area contributed by atoms with Crippen LogP contribution in [-0.4, -0.2) is 22.9 Å². The van der Waals surface area contributed by atoms with Gasteiger partial charge in [-0.05, 0) is 30.7 Å². The van der Waals surface area contributed by atoms with Crippen LogP contribution in [0.25, 0.3) is 11.3 Å². The molecule has 0 spiro atoms. The van der Waals surface area contributed by atoms with Gasteiger partial charge in [0, 0.05) is 11.6 Å². The minimum absolute atomic E-state index is 0.295. The molecule has 0 atom stereocenters. The summed E-state index contributed by atoms with van der Waals surface area (Å²) < 4.78 is 11.6. The fourth-order valence-electron chi connectivity index (χ4n) is 2.46. The largest absolute Gasteiger partial charge is 0.493 e. The number of aromatic nitrogens is 2. The van der Waals surface area contributed by atoms with Gasteiger partial charge in [0.05, 0.1) is 12.8 Å². The van der Waals surface area contributed by atoms with E-state index in [-0.39, 0.29) is 12.1 Å². The topological polar surface area (TPSA) is 70.4 Å². The summed E-state index contributed by atoms with van der Waals surface area (Å²) in [6.45, 7) is 1.61. The fraction of sp³-hybridized carbons (Fsp3) is 0.150. The van der Waals surface area contributed by atoms with Crippen LogP contribution in [0.3, 0.4) is 0 Å². The predicted octanol–water partition coefficient (Wildman–Crippen LogP) is 2.83. The van der Waals surface area contributed by atoms with Gasteiger partial charge >= 0.3 is 5.97 Å². The van der Waals surface area contributed by atoms with E-state index < -0.39 is 5.97 Å². The highest BCUT2D eigenvalue weighted by molar-refractivity contribution is 5.73. The number of rotatable bonds is 5. The van der Waals surface area contributed by atoms with E-state index in [2.05, 4.69) is 5.10 Å². The Morgan fingerprint density at radius 2 is 1.81 bits per heavy atom. The Kier molecular flexibility index (Phi) is 5.12. The predicted molar refractivity (Wildman–Crippen MR) is 97.3 cm³/mol. The Labute approximate surface area is 150 Å². The molecule has 0 fully saturated rings. The van der Waals surface area contributed by atoms with Crippen molar-refractivity contribution < 1.29 is 14.3 Å². The number of hydrogen-bond acceptors (Lipinski definition) is 5. The smallest absolute Gasteiger partial charge is 0.333 e. The van der Waals surface area contributed by atoms with Crippen LogP contribution in [0.15, 0.2) is 65.5 Å². The van der Waals surface area contributed by atoms with Crippen molar-refractivity contribution in [1.82, 2.24) is 9.78 Å². The molecule has 3 aromatic rings. The zero-order valence-corrected chi connectivity index (χ0v) is 14.5. The van der Waals surface area contributed by atoms with Crippen LogP contribution in [0.1, 0.15) is 5.56 Å². The quantitative estimate of drug-likeness (QED) is 0.523. The molecule has 1 aromatic heterocycles. The van der Waals surface area contributed by atoms with E-state index in [0.29, 0.717) is 17.2 Å². The summed E-state index contributed by atoms with van der Waals surface area (Å²) in [5, 5.41) is 4.25. The summed E-state index contributed by atoms with van der Waals surface area (Å²) in [7, 11) is 1.50. The molecule has 2 aromatic carbocycles. The third-order valence-corrected chi connectivity index (χ3v) is 3.76. The van der Waals surface area contributed by atoms with Crippen molar-refractivity contribution >= 4 is 5.97 Å². The van der Waals surface area contributed by atoms with Crippen LogP contribution in [0.5, 0.6) is 11.5 Å². The minimum atomic E-state index is -0.605. The molecule has 0 saturated carbocycles. The maximum atomic E-state index is 12.3. The van der Waals surface area contributed by atoms with Gasteiger partial charge in [-0.3, -0.25) is 4.79 Å². The maximum absolute atomic E-state index is 12.3. The van der Waals surface area contributed by atoms with Crippen LogP contribution in [0.2, 0.25) is 0 Å². The first-order valence-corrected chi connectivity index (χ1v) is 8.06. The molecule has 6 heteroatoms. The summed E-state index contributed by atoms with van der Waals surface area (Å²) in [6, 6.07) is 17.7. The summed E-state index contributed by atoms with van der Waals surface area (Å²) in [5.41, 5.74) is 2.06. The highest BCUT2D eigenvalue weighted by atomic mass is 16.6. The lowest BCUT2D eigenvalue weighted by atomic mass is 10.1. The van der Waals surface area contributed by atoms with Crippen LogP contribution in [0, 0.1) is 6.92 Å². The molecule has 1 heterocycles. The second kappa shape index (κ2) is 7.65. The van der Waals surface area contributed by atoms with Gasteiger partial charge in [0.2, 0.25) is 0 Å². The van der Waals surface area contributed by atoms with E-state index in [0.717, 1.165) is 15.8 Å². The Balaban J connectivity index is 1.80. The molecule has 0 bridgehead atoms. The van der Waals surface area contributed by atoms with E-state index in [1.54, 1.807) is 18.2 Å². The Morgan fingerprint density at radius 1 is 1.04 bits per heavy atom. The Hall–Kier alpha value is -3.41. The number of esters is 1. The summed E-state index contributed by atoms with van der Waals surface area (Å²) in [4.78, 5) is 24.3. The maximum Gasteiger partial charge on any atom is 0.333 e. The standard InChI is InChI=1S/C20H18N2O4/c1-14-8-10-17(18(12-14)25-2)26-20(24)13-22-19(23)11-9-16(21-22)15-6-4-3-5-7-15/h3-12H,13H2,1-2H3. The summed E-state index contributed by atoms with van der Waals surface area (Å²) in [5.74, 6) is 0.152. The van der Waals surface area contributed by atoms with Crippen molar-refractivity contribution in [3.8, 4) is 22.8 Å². The van der Waals surface area contributed by atoms with Crippen molar-refractivity contribution in [3.63, 3.8) is 0 Å². The molecule has 3 rings (SSSR count). The first kappa shape index (κ1) is 17.4. The Morgan fingerprint density at radius 3 is 2.54 bits per heavy atom. The molecule has 26 heavy (non-hydrogen) atoms. The van der Waals surface area contributed by atoms with Gasteiger partial charge in [0.1, 0.15) is 6.54 Å². The van der Waals surface area contributed by atoms with E-state index in [4.69, 9.17) is 9.47 Å². The number of carbonyl (C=O) groups is 1. The van der Waals surface area contributed by atoms with Crippen molar-refractivity contribution in [3.05, 3.63) is 76.6 Å². The second-order valence-corrected chi connectivity index (χ2v) is 5.71. The first-order valence-electron chi connectivity index (χ1n) is 8.06. The molecule has 0 unspecified atom stereocenters. The molecule has 0 saturated heterocycles. The van der Waals surface area contributed by atoms with Crippen molar-refractivity contribution in [2.75, 3.05) is 7.11 Å². The van der Waals surface area contributed by atoms with Crippen LogP contribution >= 0.6 is 0 Å². The minimum Gasteiger partial charge on any atom is -0.493 e. The molecular formula is C20H18N2O4. The summed E-state index contributed by atoms with van der Waals surface area (Å²) >= 11 is 0. The van der Waals surface area contributed by atoms with Gasteiger partial charge in [-0.1, -0.05) is 36.4 Å². The molecule has 132 valence electrons. The number of ether oxygens (including phenoxy) is 2. The van der Waals surface area contributed by atoms with Gasteiger partial charge in [0.15, 0.2) is 11.5 Å². The lowest BCUT2D eigenvalue weighted by Gasteiger charge is -2.11. The van der Waals surface area contributed by atoms with E-state index >= 15 is 0 Å². The van der Waals surface area contributed by atoms with Crippen molar-refractivity contribution in [1.29, 1.82) is 0 Å². The van der Waals surface area contributed by atoms with E-state index in [9.17, 15) is 9.59 Å². The SMILES string of the molecule is COc1cc(C)ccc1OC(=O)Cn1nc(-c2ccccc2)ccc1=O. The van der Waals surface area contributed by atoms with Gasteiger partial charge in [-0.2, -0.15) is 5.10 Å². The van der Waals surface area contributed by atoms with Gasteiger partial charge in [-0.15, -0.1) is 0 Å². The van der Waals surface area contributed by atoms with Crippen LogP contribution < -0.4 is 15.0 Å². The second-order valence-electron chi connectivity index (χ2n) is 5.71. The molecular weight excluding hydrogens is 332 g/mol. The molecule has 0 aliphatic rings. The molecule has 0 N–H and O–H groups in total. The van der Waals surface area contributed by atoms with Crippen molar-refractivity contribution in [2.45, 2.75) is 13.5 Å². The highest BCUT2D eigenvalue weighted by Crippen LogP contribution is 2.27. The van der Waals surface area contributed by atoms with Gasteiger partial charge in [-0.25, -0.2) is 9.48 Å². The third kappa shape index (κ3) is 3.97. The average Bonchev–Trinajstić information content (AvgIpc) is 2.65. The van der Waals surface area contributed by atoms with E-state index in [1.165, 1.54) is 13.2 Å². The fourth-order valence-corrected chi connectivity index (χ4v) is 2.46. The van der Waals surface area contributed by atoms with Crippen LogP contribution in [0.4, 0.5) is 0 Å². The first-order chi connectivity index (χ1) is 12.6.